The van der Waals surface area contributed by atoms with Gasteiger partial charge in [-0.25, -0.2) is 0 Å². The Morgan fingerprint density at radius 3 is 2.79 bits per heavy atom. The second-order valence-electron chi connectivity index (χ2n) is 3.77. The van der Waals surface area contributed by atoms with Crippen LogP contribution in [-0.4, -0.2) is 18.2 Å². The molecule has 1 aliphatic heterocycles. The summed E-state index contributed by atoms with van der Waals surface area (Å²) >= 11 is 0. The maximum absolute atomic E-state index is 10.3. The highest BCUT2D eigenvalue weighted by Crippen LogP contribution is 2.34. The first-order chi connectivity index (χ1) is 6.63. The highest BCUT2D eigenvalue weighted by molar-refractivity contribution is 5.68. The standard InChI is InChI=1S/C10H15N3O/c11-8-3-1-2-7(9(8)12)10(14)4-5-13-6-10/h1-3,13-14H,4-6,11-12H2. The summed E-state index contributed by atoms with van der Waals surface area (Å²) in [5, 5.41) is 13.4. The lowest BCUT2D eigenvalue weighted by molar-refractivity contribution is 0.0596. The summed E-state index contributed by atoms with van der Waals surface area (Å²) in [5.41, 5.74) is 12.4. The Hall–Kier alpha value is -1.26. The molecule has 0 spiro atoms. The van der Waals surface area contributed by atoms with Crippen LogP contribution in [0.25, 0.3) is 0 Å². The van der Waals surface area contributed by atoms with Crippen molar-refractivity contribution in [1.29, 1.82) is 0 Å². The first-order valence-corrected chi connectivity index (χ1v) is 4.71. The topological polar surface area (TPSA) is 84.3 Å². The number of nitrogens with two attached hydrogens (primary N) is 2. The molecule has 1 heterocycles. The van der Waals surface area contributed by atoms with Gasteiger partial charge in [0.1, 0.15) is 5.60 Å². The molecule has 1 aliphatic rings. The van der Waals surface area contributed by atoms with E-state index in [0.29, 0.717) is 24.3 Å². The molecule has 2 rings (SSSR count). The van der Waals surface area contributed by atoms with Crippen molar-refractivity contribution in [3.8, 4) is 0 Å². The van der Waals surface area contributed by atoms with E-state index in [0.717, 1.165) is 12.1 Å². The van der Waals surface area contributed by atoms with Gasteiger partial charge in [0.15, 0.2) is 0 Å². The van der Waals surface area contributed by atoms with Crippen LogP contribution in [0.2, 0.25) is 0 Å². The van der Waals surface area contributed by atoms with E-state index in [1.54, 1.807) is 6.07 Å². The molecular weight excluding hydrogens is 178 g/mol. The fourth-order valence-electron chi connectivity index (χ4n) is 1.90. The number of anilines is 2. The van der Waals surface area contributed by atoms with Gasteiger partial charge in [-0.05, 0) is 19.0 Å². The Bertz CT molecular complexity index is 345. The third-order valence-corrected chi connectivity index (χ3v) is 2.77. The summed E-state index contributed by atoms with van der Waals surface area (Å²) in [7, 11) is 0. The third-order valence-electron chi connectivity index (χ3n) is 2.77. The second-order valence-corrected chi connectivity index (χ2v) is 3.77. The number of hydrogen-bond acceptors (Lipinski definition) is 4. The largest absolute Gasteiger partial charge is 0.397 e. The average molecular weight is 193 g/mol. The summed E-state index contributed by atoms with van der Waals surface area (Å²) in [4.78, 5) is 0. The van der Waals surface area contributed by atoms with E-state index < -0.39 is 5.60 Å². The van der Waals surface area contributed by atoms with Gasteiger partial charge in [-0.2, -0.15) is 0 Å². The Balaban J connectivity index is 2.45. The van der Waals surface area contributed by atoms with Crippen molar-refractivity contribution in [2.75, 3.05) is 24.6 Å². The molecule has 4 nitrogen and oxygen atoms in total. The molecule has 1 unspecified atom stereocenters. The summed E-state index contributed by atoms with van der Waals surface area (Å²) in [5.74, 6) is 0. The van der Waals surface area contributed by atoms with Gasteiger partial charge < -0.3 is 21.9 Å². The molecule has 76 valence electrons. The van der Waals surface area contributed by atoms with Gasteiger partial charge in [0, 0.05) is 12.1 Å². The van der Waals surface area contributed by atoms with Crippen molar-refractivity contribution in [1.82, 2.24) is 5.32 Å². The third kappa shape index (κ3) is 1.32. The van der Waals surface area contributed by atoms with E-state index in [1.807, 2.05) is 12.1 Å². The van der Waals surface area contributed by atoms with E-state index >= 15 is 0 Å². The van der Waals surface area contributed by atoms with Gasteiger partial charge in [0.2, 0.25) is 0 Å². The molecule has 6 N–H and O–H groups in total. The maximum Gasteiger partial charge on any atom is 0.105 e. The van der Waals surface area contributed by atoms with Gasteiger partial charge >= 0.3 is 0 Å². The minimum atomic E-state index is -0.848. The smallest absolute Gasteiger partial charge is 0.105 e. The fraction of sp³-hybridized carbons (Fsp3) is 0.400. The summed E-state index contributed by atoms with van der Waals surface area (Å²) in [6, 6.07) is 5.39. The predicted octanol–water partition coefficient (Wildman–Crippen LogP) is 0.0319. The molecule has 0 amide bonds. The lowest BCUT2D eigenvalue weighted by atomic mass is 9.91. The molecule has 14 heavy (non-hydrogen) atoms. The van der Waals surface area contributed by atoms with Gasteiger partial charge in [-0.15, -0.1) is 0 Å². The molecule has 1 atom stereocenters. The van der Waals surface area contributed by atoms with Crippen LogP contribution in [0.15, 0.2) is 18.2 Å². The van der Waals surface area contributed by atoms with Crippen LogP contribution in [0.4, 0.5) is 11.4 Å². The van der Waals surface area contributed by atoms with Crippen LogP contribution in [-0.2, 0) is 5.60 Å². The molecule has 1 aromatic carbocycles. The van der Waals surface area contributed by atoms with Crippen LogP contribution < -0.4 is 16.8 Å². The van der Waals surface area contributed by atoms with E-state index in [2.05, 4.69) is 5.32 Å². The Labute approximate surface area is 82.9 Å². The molecular formula is C10H15N3O. The minimum absolute atomic E-state index is 0.499. The molecule has 1 aromatic rings. The number of benzene rings is 1. The Morgan fingerprint density at radius 2 is 2.14 bits per heavy atom. The molecule has 0 radical (unpaired) electrons. The molecule has 0 bridgehead atoms. The Morgan fingerprint density at radius 1 is 1.36 bits per heavy atom. The van der Waals surface area contributed by atoms with Crippen LogP contribution in [0.1, 0.15) is 12.0 Å². The highest BCUT2D eigenvalue weighted by atomic mass is 16.3. The molecule has 0 saturated carbocycles. The van der Waals surface area contributed by atoms with Crippen molar-refractivity contribution in [3.05, 3.63) is 23.8 Å². The van der Waals surface area contributed by atoms with Crippen molar-refractivity contribution in [2.24, 2.45) is 0 Å². The van der Waals surface area contributed by atoms with Crippen molar-refractivity contribution in [3.63, 3.8) is 0 Å². The molecule has 1 saturated heterocycles. The van der Waals surface area contributed by atoms with Gasteiger partial charge in [0.05, 0.1) is 11.4 Å². The van der Waals surface area contributed by atoms with Gasteiger partial charge in [0.25, 0.3) is 0 Å². The quantitative estimate of drug-likeness (QED) is 0.474. The highest BCUT2D eigenvalue weighted by Gasteiger charge is 2.34. The fourth-order valence-corrected chi connectivity index (χ4v) is 1.90. The molecule has 0 aliphatic carbocycles. The monoisotopic (exact) mass is 193 g/mol. The lowest BCUT2D eigenvalue weighted by Gasteiger charge is -2.24. The first-order valence-electron chi connectivity index (χ1n) is 4.71. The maximum atomic E-state index is 10.3. The normalized spacial score (nSPS) is 26.6. The SMILES string of the molecule is Nc1cccc(C2(O)CCNC2)c1N. The number of β-amino-alcohol motifs (C(OH)–C–C–N with tert-alkyl or cyclic N) is 1. The van der Waals surface area contributed by atoms with Crippen molar-refractivity contribution in [2.45, 2.75) is 12.0 Å². The summed E-state index contributed by atoms with van der Waals surface area (Å²) in [6.45, 7) is 1.35. The van der Waals surface area contributed by atoms with Crippen LogP contribution in [0.5, 0.6) is 0 Å². The second kappa shape index (κ2) is 3.15. The molecule has 1 fully saturated rings. The number of nitrogen functional groups attached to an aromatic ring is 2. The predicted molar refractivity (Wildman–Crippen MR) is 56.7 cm³/mol. The number of rotatable bonds is 1. The van der Waals surface area contributed by atoms with Crippen molar-refractivity contribution >= 4 is 11.4 Å². The minimum Gasteiger partial charge on any atom is -0.397 e. The van der Waals surface area contributed by atoms with Gasteiger partial charge in [-0.3, -0.25) is 0 Å². The van der Waals surface area contributed by atoms with Crippen LogP contribution >= 0.6 is 0 Å². The van der Waals surface area contributed by atoms with Crippen molar-refractivity contribution < 1.29 is 5.11 Å². The van der Waals surface area contributed by atoms with Gasteiger partial charge in [-0.1, -0.05) is 12.1 Å². The number of hydrogen-bond donors (Lipinski definition) is 4. The summed E-state index contributed by atoms with van der Waals surface area (Å²) < 4.78 is 0. The van der Waals surface area contributed by atoms with Crippen LogP contribution in [0, 0.1) is 0 Å². The van der Waals surface area contributed by atoms with E-state index in [-0.39, 0.29) is 0 Å². The zero-order valence-electron chi connectivity index (χ0n) is 7.96. The van der Waals surface area contributed by atoms with E-state index in [4.69, 9.17) is 11.5 Å². The van der Waals surface area contributed by atoms with E-state index in [9.17, 15) is 5.11 Å². The number of para-hydroxylation sites is 1. The lowest BCUT2D eigenvalue weighted by Crippen LogP contribution is -2.29. The van der Waals surface area contributed by atoms with Crippen LogP contribution in [0.3, 0.4) is 0 Å². The zero-order chi connectivity index (χ0) is 10.2. The van der Waals surface area contributed by atoms with E-state index in [1.165, 1.54) is 0 Å². The Kier molecular flexibility index (Phi) is 2.09. The number of nitrogens with one attached hydrogen (secondary N) is 1. The zero-order valence-corrected chi connectivity index (χ0v) is 7.96. The first kappa shape index (κ1) is 9.30. The molecule has 0 aromatic heterocycles. The molecule has 4 heteroatoms. The number of aliphatic hydroxyl groups is 1. The summed E-state index contributed by atoms with van der Waals surface area (Å²) in [6.07, 6.45) is 0.681. The average Bonchev–Trinajstić information content (AvgIpc) is 2.58.